The molecule has 0 aliphatic carbocycles. The fourth-order valence-electron chi connectivity index (χ4n) is 2.48. The number of nitrogens with zero attached hydrogens (tertiary/aromatic N) is 1. The molecule has 0 aliphatic heterocycles. The highest BCUT2D eigenvalue weighted by atomic mass is 35.5. The molecule has 0 radical (unpaired) electrons. The van der Waals surface area contributed by atoms with E-state index in [2.05, 4.69) is 17.2 Å². The molecular weight excluding hydrogens is 427 g/mol. The summed E-state index contributed by atoms with van der Waals surface area (Å²) in [5.41, 5.74) is 2.37. The van der Waals surface area contributed by atoms with Crippen LogP contribution in [0.25, 0.3) is 17.3 Å². The molecule has 0 bridgehead atoms. The number of carbonyl (C=O) groups is 1. The Morgan fingerprint density at radius 3 is 2.72 bits per heavy atom. The van der Waals surface area contributed by atoms with Gasteiger partial charge in [-0.3, -0.25) is 10.1 Å². The summed E-state index contributed by atoms with van der Waals surface area (Å²) in [5, 5.41) is 6.19. The van der Waals surface area contributed by atoms with Gasteiger partial charge in [0.2, 0.25) is 5.91 Å². The van der Waals surface area contributed by atoms with Gasteiger partial charge >= 0.3 is 0 Å². The summed E-state index contributed by atoms with van der Waals surface area (Å²) in [6, 6.07) is 12.8. The molecule has 0 fully saturated rings. The SMILES string of the molecule is CCCCOc1ccc(C=CC(=O)Nc2nc(-c3ccc(Cl)cc3Cl)cs2)cc1. The van der Waals surface area contributed by atoms with Gasteiger partial charge in [0.15, 0.2) is 5.13 Å². The molecule has 7 heteroatoms. The van der Waals surface area contributed by atoms with Gasteiger partial charge < -0.3 is 4.74 Å². The van der Waals surface area contributed by atoms with Gasteiger partial charge in [-0.2, -0.15) is 0 Å². The molecule has 2 aromatic carbocycles. The van der Waals surface area contributed by atoms with E-state index in [9.17, 15) is 4.79 Å². The second-order valence-electron chi connectivity index (χ2n) is 6.26. The Morgan fingerprint density at radius 2 is 2.00 bits per heavy atom. The molecule has 1 N–H and O–H groups in total. The van der Waals surface area contributed by atoms with Crippen molar-refractivity contribution < 1.29 is 9.53 Å². The van der Waals surface area contributed by atoms with E-state index < -0.39 is 0 Å². The largest absolute Gasteiger partial charge is 0.494 e. The summed E-state index contributed by atoms with van der Waals surface area (Å²) in [4.78, 5) is 16.6. The van der Waals surface area contributed by atoms with Crippen LogP contribution in [0, 0.1) is 0 Å². The summed E-state index contributed by atoms with van der Waals surface area (Å²) in [6.45, 7) is 2.84. The lowest BCUT2D eigenvalue weighted by atomic mass is 10.2. The fraction of sp³-hybridized carbons (Fsp3) is 0.182. The van der Waals surface area contributed by atoms with Crippen LogP contribution in [0.5, 0.6) is 5.75 Å². The number of hydrogen-bond donors (Lipinski definition) is 1. The normalized spacial score (nSPS) is 11.0. The lowest BCUT2D eigenvalue weighted by molar-refractivity contribution is -0.111. The van der Waals surface area contributed by atoms with Gasteiger partial charge in [0.05, 0.1) is 17.3 Å². The highest BCUT2D eigenvalue weighted by molar-refractivity contribution is 7.14. The number of anilines is 1. The number of rotatable bonds is 8. The van der Waals surface area contributed by atoms with Crippen molar-refractivity contribution in [3.05, 3.63) is 69.5 Å². The van der Waals surface area contributed by atoms with E-state index in [1.165, 1.54) is 17.4 Å². The van der Waals surface area contributed by atoms with Crippen molar-refractivity contribution >= 4 is 51.7 Å². The quantitative estimate of drug-likeness (QED) is 0.300. The number of hydrogen-bond acceptors (Lipinski definition) is 4. The zero-order valence-electron chi connectivity index (χ0n) is 15.8. The van der Waals surface area contributed by atoms with E-state index in [-0.39, 0.29) is 5.91 Å². The minimum absolute atomic E-state index is 0.253. The number of nitrogens with one attached hydrogen (secondary N) is 1. The van der Waals surface area contributed by atoms with Crippen LogP contribution in [0.2, 0.25) is 10.0 Å². The third kappa shape index (κ3) is 6.32. The first-order valence-corrected chi connectivity index (χ1v) is 10.8. The fourth-order valence-corrected chi connectivity index (χ4v) is 3.70. The van der Waals surface area contributed by atoms with Crippen LogP contribution in [-0.2, 0) is 4.79 Å². The summed E-state index contributed by atoms with van der Waals surface area (Å²) in [5.74, 6) is 0.576. The van der Waals surface area contributed by atoms with E-state index in [1.54, 1.807) is 24.3 Å². The first-order chi connectivity index (χ1) is 14.0. The smallest absolute Gasteiger partial charge is 0.250 e. The lowest BCUT2D eigenvalue weighted by Crippen LogP contribution is -2.07. The minimum atomic E-state index is -0.253. The topological polar surface area (TPSA) is 51.2 Å². The predicted molar refractivity (Wildman–Crippen MR) is 122 cm³/mol. The maximum absolute atomic E-state index is 12.2. The molecule has 4 nitrogen and oxygen atoms in total. The van der Waals surface area contributed by atoms with Crippen LogP contribution in [0.15, 0.2) is 53.9 Å². The molecule has 150 valence electrons. The number of ether oxygens (including phenoxy) is 1. The molecule has 3 aromatic rings. The van der Waals surface area contributed by atoms with Crippen molar-refractivity contribution in [1.29, 1.82) is 0 Å². The van der Waals surface area contributed by atoms with Crippen molar-refractivity contribution in [3.8, 4) is 17.0 Å². The Balaban J connectivity index is 1.57. The maximum atomic E-state index is 12.2. The standard InChI is InChI=1S/C22H20Cl2N2O2S/c1-2-3-12-28-17-8-4-15(5-9-17)6-11-21(27)26-22-25-20(14-29-22)18-10-7-16(23)13-19(18)24/h4-11,13-14H,2-3,12H2,1H3,(H,25,26,27). The van der Waals surface area contributed by atoms with Crippen LogP contribution in [0.1, 0.15) is 25.3 Å². The minimum Gasteiger partial charge on any atom is -0.494 e. The van der Waals surface area contributed by atoms with E-state index in [0.717, 1.165) is 29.7 Å². The number of benzene rings is 2. The number of carbonyl (C=O) groups excluding carboxylic acids is 1. The molecule has 0 aliphatic rings. The number of amides is 1. The van der Waals surface area contributed by atoms with Crippen molar-refractivity contribution in [2.75, 3.05) is 11.9 Å². The second-order valence-corrected chi connectivity index (χ2v) is 7.96. The third-order valence-electron chi connectivity index (χ3n) is 4.02. The van der Waals surface area contributed by atoms with Gasteiger partial charge in [-0.25, -0.2) is 4.98 Å². The predicted octanol–water partition coefficient (Wildman–Crippen LogP) is 6.95. The molecule has 1 aromatic heterocycles. The highest BCUT2D eigenvalue weighted by Crippen LogP contribution is 2.32. The number of aromatic nitrogens is 1. The van der Waals surface area contributed by atoms with Gasteiger partial charge in [-0.1, -0.05) is 48.7 Å². The average molecular weight is 447 g/mol. The maximum Gasteiger partial charge on any atom is 0.250 e. The number of unbranched alkanes of at least 4 members (excludes halogenated alkanes) is 1. The zero-order chi connectivity index (χ0) is 20.6. The zero-order valence-corrected chi connectivity index (χ0v) is 18.2. The average Bonchev–Trinajstić information content (AvgIpc) is 3.15. The molecule has 0 saturated carbocycles. The van der Waals surface area contributed by atoms with Crippen molar-refractivity contribution in [2.24, 2.45) is 0 Å². The first-order valence-electron chi connectivity index (χ1n) is 9.18. The first kappa shape index (κ1) is 21.4. The van der Waals surface area contributed by atoms with Gasteiger partial charge in [0, 0.05) is 22.0 Å². The van der Waals surface area contributed by atoms with Crippen LogP contribution in [-0.4, -0.2) is 17.5 Å². The highest BCUT2D eigenvalue weighted by Gasteiger charge is 2.10. The Hall–Kier alpha value is -2.34. The van der Waals surface area contributed by atoms with Crippen molar-refractivity contribution in [3.63, 3.8) is 0 Å². The van der Waals surface area contributed by atoms with Crippen molar-refractivity contribution in [2.45, 2.75) is 19.8 Å². The molecule has 1 amide bonds. The third-order valence-corrected chi connectivity index (χ3v) is 5.32. The summed E-state index contributed by atoms with van der Waals surface area (Å²) in [6.07, 6.45) is 5.35. The molecular formula is C22H20Cl2N2O2S. The Labute approximate surface area is 184 Å². The van der Waals surface area contributed by atoms with Crippen LogP contribution < -0.4 is 10.1 Å². The monoisotopic (exact) mass is 446 g/mol. The molecule has 0 saturated heterocycles. The van der Waals surface area contributed by atoms with Gasteiger partial charge in [0.1, 0.15) is 5.75 Å². The molecule has 0 atom stereocenters. The van der Waals surface area contributed by atoms with E-state index >= 15 is 0 Å². The lowest BCUT2D eigenvalue weighted by Gasteiger charge is -2.05. The molecule has 1 heterocycles. The summed E-state index contributed by atoms with van der Waals surface area (Å²) in [7, 11) is 0. The Bertz CT molecular complexity index is 1000. The van der Waals surface area contributed by atoms with Crippen LogP contribution in [0.4, 0.5) is 5.13 Å². The number of thiazole rings is 1. The molecule has 3 rings (SSSR count). The molecule has 0 spiro atoms. The molecule has 29 heavy (non-hydrogen) atoms. The van der Waals surface area contributed by atoms with Gasteiger partial charge in [0.25, 0.3) is 0 Å². The van der Waals surface area contributed by atoms with Crippen molar-refractivity contribution in [1.82, 2.24) is 4.98 Å². The summed E-state index contributed by atoms with van der Waals surface area (Å²) < 4.78 is 5.63. The Morgan fingerprint density at radius 1 is 1.21 bits per heavy atom. The number of halogens is 2. The second kappa shape index (κ2) is 10.4. The van der Waals surface area contributed by atoms with Gasteiger partial charge in [-0.05, 0) is 48.4 Å². The summed E-state index contributed by atoms with van der Waals surface area (Å²) >= 11 is 13.5. The van der Waals surface area contributed by atoms with E-state index in [0.29, 0.717) is 27.5 Å². The van der Waals surface area contributed by atoms with Crippen LogP contribution >= 0.6 is 34.5 Å². The van der Waals surface area contributed by atoms with E-state index in [4.69, 9.17) is 27.9 Å². The van der Waals surface area contributed by atoms with E-state index in [1.807, 2.05) is 29.6 Å². The Kier molecular flexibility index (Phi) is 7.69. The molecule has 0 unspecified atom stereocenters. The van der Waals surface area contributed by atoms with Crippen LogP contribution in [0.3, 0.4) is 0 Å². The van der Waals surface area contributed by atoms with Gasteiger partial charge in [-0.15, -0.1) is 11.3 Å².